The summed E-state index contributed by atoms with van der Waals surface area (Å²) in [4.78, 5) is 24.5. The highest BCUT2D eigenvalue weighted by Gasteiger charge is 2.20. The summed E-state index contributed by atoms with van der Waals surface area (Å²) >= 11 is 0. The van der Waals surface area contributed by atoms with Gasteiger partial charge >= 0.3 is 5.97 Å². The van der Waals surface area contributed by atoms with Crippen molar-refractivity contribution in [2.24, 2.45) is 0 Å². The van der Waals surface area contributed by atoms with Crippen LogP contribution in [-0.2, 0) is 14.3 Å². The number of unbranched alkanes of at least 4 members (excludes halogenated alkanes) is 37. The van der Waals surface area contributed by atoms with E-state index < -0.39 is 12.1 Å². The first-order valence-electron chi connectivity index (χ1n) is 28.1. The van der Waals surface area contributed by atoms with Crippen molar-refractivity contribution in [1.82, 2.24) is 5.32 Å². The van der Waals surface area contributed by atoms with Crippen molar-refractivity contribution in [1.29, 1.82) is 0 Å². The Kier molecular flexibility index (Phi) is 51.6. The van der Waals surface area contributed by atoms with Crippen LogP contribution in [0.4, 0.5) is 0 Å². The second-order valence-electron chi connectivity index (χ2n) is 19.3. The molecule has 372 valence electrons. The van der Waals surface area contributed by atoms with Crippen molar-refractivity contribution in [2.45, 2.75) is 315 Å². The van der Waals surface area contributed by atoms with E-state index in [4.69, 9.17) is 4.74 Å². The lowest BCUT2D eigenvalue weighted by atomic mass is 10.0. The maximum Gasteiger partial charge on any atom is 0.305 e. The molecule has 2 unspecified atom stereocenters. The minimum absolute atomic E-state index is 0.0101. The summed E-state index contributed by atoms with van der Waals surface area (Å²) in [5.41, 5.74) is 0. The average Bonchev–Trinajstić information content (AvgIpc) is 3.28. The topological polar surface area (TPSA) is 95.9 Å². The van der Waals surface area contributed by atoms with Crippen molar-refractivity contribution >= 4 is 11.9 Å². The second-order valence-corrected chi connectivity index (χ2v) is 19.3. The molecule has 0 radical (unpaired) electrons. The molecule has 1 amide bonds. The highest BCUT2D eigenvalue weighted by molar-refractivity contribution is 5.76. The molecule has 0 saturated heterocycles. The largest absolute Gasteiger partial charge is 0.466 e. The predicted molar refractivity (Wildman–Crippen MR) is 273 cm³/mol. The van der Waals surface area contributed by atoms with E-state index in [2.05, 4.69) is 43.5 Å². The molecule has 0 spiro atoms. The number of hydrogen-bond acceptors (Lipinski definition) is 5. The molecule has 6 nitrogen and oxygen atoms in total. The summed E-state index contributed by atoms with van der Waals surface area (Å²) in [6.45, 7) is 4.92. The maximum absolute atomic E-state index is 12.5. The van der Waals surface area contributed by atoms with Gasteiger partial charge in [0, 0.05) is 12.8 Å². The van der Waals surface area contributed by atoms with Gasteiger partial charge in [0.1, 0.15) is 0 Å². The SMILES string of the molecule is CCCCCC/C=C\C/C=C\CCCCCCCC(=O)OCCCCCCCCCCCCCCCCCCC(=O)NC(CO)C(O)CCCCCCCCCCCCCCCC. The van der Waals surface area contributed by atoms with Gasteiger partial charge in [0.05, 0.1) is 25.4 Å². The van der Waals surface area contributed by atoms with E-state index in [1.54, 1.807) is 0 Å². The van der Waals surface area contributed by atoms with Crippen molar-refractivity contribution in [3.8, 4) is 0 Å². The van der Waals surface area contributed by atoms with E-state index in [1.165, 1.54) is 212 Å². The maximum atomic E-state index is 12.5. The van der Waals surface area contributed by atoms with Crippen molar-refractivity contribution in [3.63, 3.8) is 0 Å². The van der Waals surface area contributed by atoms with Crippen LogP contribution in [0.1, 0.15) is 303 Å². The normalized spacial score (nSPS) is 12.8. The number of aliphatic hydroxyl groups excluding tert-OH is 2. The Morgan fingerprint density at radius 2 is 0.794 bits per heavy atom. The van der Waals surface area contributed by atoms with Gasteiger partial charge in [0.2, 0.25) is 5.91 Å². The third kappa shape index (κ3) is 49.6. The molecule has 0 heterocycles. The number of nitrogens with one attached hydrogen (secondary N) is 1. The first-order valence-corrected chi connectivity index (χ1v) is 28.1. The van der Waals surface area contributed by atoms with E-state index in [9.17, 15) is 19.8 Å². The molecule has 0 bridgehead atoms. The highest BCUT2D eigenvalue weighted by atomic mass is 16.5. The minimum atomic E-state index is -0.668. The lowest BCUT2D eigenvalue weighted by Crippen LogP contribution is -2.45. The number of carbonyl (C=O) groups is 2. The summed E-state index contributed by atoms with van der Waals surface area (Å²) in [6.07, 6.45) is 63.0. The number of allylic oxidation sites excluding steroid dienone is 4. The highest BCUT2D eigenvalue weighted by Crippen LogP contribution is 2.17. The number of aliphatic hydroxyl groups is 2. The molecule has 0 fully saturated rings. The number of hydrogen-bond donors (Lipinski definition) is 3. The zero-order valence-corrected chi connectivity index (χ0v) is 42.3. The van der Waals surface area contributed by atoms with Gasteiger partial charge in [-0.25, -0.2) is 0 Å². The summed E-state index contributed by atoms with van der Waals surface area (Å²) < 4.78 is 5.47. The van der Waals surface area contributed by atoms with Gasteiger partial charge in [-0.2, -0.15) is 0 Å². The fourth-order valence-electron chi connectivity index (χ4n) is 8.67. The number of amides is 1. The molecule has 6 heteroatoms. The summed E-state index contributed by atoms with van der Waals surface area (Å²) in [7, 11) is 0. The second kappa shape index (κ2) is 53.0. The predicted octanol–water partition coefficient (Wildman–Crippen LogP) is 17.1. The summed E-state index contributed by atoms with van der Waals surface area (Å²) in [6, 6.07) is -0.546. The Labute approximate surface area is 392 Å². The molecule has 0 aromatic carbocycles. The van der Waals surface area contributed by atoms with Crippen LogP contribution in [0.3, 0.4) is 0 Å². The minimum Gasteiger partial charge on any atom is -0.466 e. The molecule has 63 heavy (non-hydrogen) atoms. The molecule has 2 atom stereocenters. The van der Waals surface area contributed by atoms with Gasteiger partial charge in [-0.05, 0) is 57.8 Å². The van der Waals surface area contributed by atoms with Crippen LogP contribution < -0.4 is 5.32 Å². The third-order valence-corrected chi connectivity index (χ3v) is 13.0. The quantitative estimate of drug-likeness (QED) is 0.0321. The van der Waals surface area contributed by atoms with Crippen molar-refractivity contribution in [2.75, 3.05) is 13.2 Å². The fraction of sp³-hybridized carbons (Fsp3) is 0.895. The van der Waals surface area contributed by atoms with Gasteiger partial charge in [-0.15, -0.1) is 0 Å². The standard InChI is InChI=1S/C57H109NO5/c1-3-5-7-9-11-13-15-17-19-23-27-31-35-39-43-47-51-57(62)63-52-48-44-40-36-32-28-24-21-20-22-26-30-34-38-42-46-50-56(61)58-54(53-59)55(60)49-45-41-37-33-29-25-18-16-14-12-10-8-6-4-2/h13,15,19,23,54-55,59-60H,3-12,14,16-18,20-22,24-53H2,1-2H3,(H,58,61)/b15-13-,23-19-. The number of carbonyl (C=O) groups excluding carboxylic acids is 2. The lowest BCUT2D eigenvalue weighted by molar-refractivity contribution is -0.143. The van der Waals surface area contributed by atoms with Crippen molar-refractivity contribution in [3.05, 3.63) is 24.3 Å². The summed E-state index contributed by atoms with van der Waals surface area (Å²) in [5.74, 6) is -0.0515. The molecular formula is C57H109NO5. The van der Waals surface area contributed by atoms with E-state index >= 15 is 0 Å². The first-order chi connectivity index (χ1) is 31.0. The average molecular weight is 889 g/mol. The third-order valence-electron chi connectivity index (χ3n) is 13.0. The molecule has 0 aliphatic carbocycles. The zero-order valence-electron chi connectivity index (χ0n) is 42.3. The smallest absolute Gasteiger partial charge is 0.305 e. The van der Waals surface area contributed by atoms with Gasteiger partial charge in [-0.1, -0.05) is 256 Å². The summed E-state index contributed by atoms with van der Waals surface area (Å²) in [5, 5.41) is 23.2. The zero-order chi connectivity index (χ0) is 45.8. The van der Waals surface area contributed by atoms with E-state index in [0.29, 0.717) is 25.9 Å². The van der Waals surface area contributed by atoms with Gasteiger partial charge < -0.3 is 20.3 Å². The molecule has 3 N–H and O–H groups in total. The van der Waals surface area contributed by atoms with Crippen molar-refractivity contribution < 1.29 is 24.5 Å². The fourth-order valence-corrected chi connectivity index (χ4v) is 8.67. The van der Waals surface area contributed by atoms with Gasteiger partial charge in [-0.3, -0.25) is 9.59 Å². The Morgan fingerprint density at radius 3 is 1.22 bits per heavy atom. The van der Waals surface area contributed by atoms with Crippen LogP contribution in [0.25, 0.3) is 0 Å². The van der Waals surface area contributed by atoms with Crippen LogP contribution in [0.5, 0.6) is 0 Å². The van der Waals surface area contributed by atoms with Crippen LogP contribution in [0.15, 0.2) is 24.3 Å². The molecule has 0 aliphatic heterocycles. The van der Waals surface area contributed by atoms with E-state index in [1.807, 2.05) is 0 Å². The van der Waals surface area contributed by atoms with Gasteiger partial charge in [0.15, 0.2) is 0 Å². The number of esters is 1. The molecule has 0 rings (SSSR count). The number of rotatable bonds is 52. The van der Waals surface area contributed by atoms with E-state index in [0.717, 1.165) is 57.8 Å². The molecule has 0 aromatic heterocycles. The van der Waals surface area contributed by atoms with Gasteiger partial charge in [0.25, 0.3) is 0 Å². The Balaban J connectivity index is 3.42. The number of ether oxygens (including phenoxy) is 1. The van der Waals surface area contributed by atoms with Crippen LogP contribution in [0, 0.1) is 0 Å². The molecule has 0 aliphatic rings. The Morgan fingerprint density at radius 1 is 0.444 bits per heavy atom. The Bertz CT molecular complexity index is 982. The van der Waals surface area contributed by atoms with Crippen LogP contribution in [-0.4, -0.2) is 47.4 Å². The Hall–Kier alpha value is -1.66. The lowest BCUT2D eigenvalue weighted by Gasteiger charge is -2.22. The molecule has 0 aromatic rings. The van der Waals surface area contributed by atoms with Crippen LogP contribution in [0.2, 0.25) is 0 Å². The monoisotopic (exact) mass is 888 g/mol. The van der Waals surface area contributed by atoms with E-state index in [-0.39, 0.29) is 18.5 Å². The molecule has 0 saturated carbocycles. The first kappa shape index (κ1) is 61.3. The van der Waals surface area contributed by atoms with Crippen LogP contribution >= 0.6 is 0 Å². The molecular weight excluding hydrogens is 779 g/mol.